The average molecular weight is 292 g/mol. The maximum atomic E-state index is 5.97. The summed E-state index contributed by atoms with van der Waals surface area (Å²) in [6.45, 7) is 3.34. The van der Waals surface area contributed by atoms with Crippen LogP contribution in [0.2, 0.25) is 5.02 Å². The van der Waals surface area contributed by atoms with E-state index in [1.54, 1.807) is 7.11 Å². The van der Waals surface area contributed by atoms with Gasteiger partial charge >= 0.3 is 0 Å². The van der Waals surface area contributed by atoms with Gasteiger partial charge in [-0.25, -0.2) is 0 Å². The lowest BCUT2D eigenvalue weighted by atomic mass is 10.2. The first kappa shape index (κ1) is 14.5. The fourth-order valence-corrected chi connectivity index (χ4v) is 1.98. The summed E-state index contributed by atoms with van der Waals surface area (Å²) >= 11 is 5.97. The number of halogens is 1. The molecular weight excluding hydrogens is 274 g/mol. The first-order chi connectivity index (χ1) is 9.69. The number of hydrogen-bond acceptors (Lipinski definition) is 3. The third kappa shape index (κ3) is 4.07. The van der Waals surface area contributed by atoms with E-state index in [1.807, 2.05) is 49.4 Å². The molecule has 0 amide bonds. The van der Waals surface area contributed by atoms with Crippen molar-refractivity contribution in [2.45, 2.75) is 6.92 Å². The molecule has 2 aromatic rings. The van der Waals surface area contributed by atoms with Crippen LogP contribution in [0.5, 0.6) is 11.5 Å². The third-order valence-electron chi connectivity index (χ3n) is 2.95. The Kier molecular flexibility index (Phi) is 5.13. The van der Waals surface area contributed by atoms with Crippen molar-refractivity contribution in [2.75, 3.05) is 25.6 Å². The molecule has 106 valence electrons. The quantitative estimate of drug-likeness (QED) is 0.811. The molecule has 3 nitrogen and oxygen atoms in total. The highest BCUT2D eigenvalue weighted by Crippen LogP contribution is 2.20. The molecule has 0 saturated carbocycles. The molecule has 0 saturated heterocycles. The maximum Gasteiger partial charge on any atom is 0.119 e. The Morgan fingerprint density at radius 1 is 1.05 bits per heavy atom. The number of ether oxygens (including phenoxy) is 2. The van der Waals surface area contributed by atoms with E-state index in [1.165, 1.54) is 5.56 Å². The van der Waals surface area contributed by atoms with Gasteiger partial charge in [-0.15, -0.1) is 0 Å². The molecule has 2 aromatic carbocycles. The molecule has 0 radical (unpaired) electrons. The van der Waals surface area contributed by atoms with Gasteiger partial charge in [0.1, 0.15) is 18.1 Å². The highest BCUT2D eigenvalue weighted by Gasteiger charge is 1.99. The van der Waals surface area contributed by atoms with Crippen LogP contribution in [0, 0.1) is 6.92 Å². The minimum Gasteiger partial charge on any atom is -0.497 e. The summed E-state index contributed by atoms with van der Waals surface area (Å²) in [5.41, 5.74) is 2.20. The van der Waals surface area contributed by atoms with Gasteiger partial charge in [-0.2, -0.15) is 0 Å². The summed E-state index contributed by atoms with van der Waals surface area (Å²) in [7, 11) is 1.65. The van der Waals surface area contributed by atoms with Crippen LogP contribution in [0.25, 0.3) is 0 Å². The van der Waals surface area contributed by atoms with Gasteiger partial charge in [0.2, 0.25) is 0 Å². The number of rotatable bonds is 6. The van der Waals surface area contributed by atoms with E-state index < -0.39 is 0 Å². The highest BCUT2D eigenvalue weighted by molar-refractivity contribution is 6.30. The lowest BCUT2D eigenvalue weighted by molar-refractivity contribution is 0.331. The Morgan fingerprint density at radius 3 is 2.45 bits per heavy atom. The number of benzene rings is 2. The summed E-state index contributed by atoms with van der Waals surface area (Å²) in [6, 6.07) is 13.3. The predicted octanol–water partition coefficient (Wildman–Crippen LogP) is 4.15. The average Bonchev–Trinajstić information content (AvgIpc) is 2.47. The molecule has 0 atom stereocenters. The fourth-order valence-electron chi connectivity index (χ4n) is 1.81. The van der Waals surface area contributed by atoms with Crippen molar-refractivity contribution in [1.82, 2.24) is 0 Å². The predicted molar refractivity (Wildman–Crippen MR) is 83.2 cm³/mol. The van der Waals surface area contributed by atoms with E-state index >= 15 is 0 Å². The Bertz CT molecular complexity index is 555. The van der Waals surface area contributed by atoms with Crippen LogP contribution in [0.4, 0.5) is 5.69 Å². The molecule has 0 fully saturated rings. The second-order valence-electron chi connectivity index (χ2n) is 4.41. The van der Waals surface area contributed by atoms with Gasteiger partial charge < -0.3 is 14.8 Å². The lowest BCUT2D eigenvalue weighted by Crippen LogP contribution is -2.12. The fraction of sp³-hybridized carbons (Fsp3) is 0.250. The zero-order valence-electron chi connectivity index (χ0n) is 11.7. The Labute approximate surface area is 124 Å². The van der Waals surface area contributed by atoms with Gasteiger partial charge in [-0.3, -0.25) is 0 Å². The molecule has 0 heterocycles. The van der Waals surface area contributed by atoms with Gasteiger partial charge in [-0.05, 0) is 48.9 Å². The first-order valence-electron chi connectivity index (χ1n) is 6.46. The molecule has 0 spiro atoms. The zero-order chi connectivity index (χ0) is 14.4. The molecule has 0 aromatic heterocycles. The number of hydrogen-bond donors (Lipinski definition) is 1. The van der Waals surface area contributed by atoms with Crippen molar-refractivity contribution >= 4 is 17.3 Å². The van der Waals surface area contributed by atoms with E-state index in [4.69, 9.17) is 21.1 Å². The molecule has 4 heteroatoms. The van der Waals surface area contributed by atoms with Crippen LogP contribution in [-0.2, 0) is 0 Å². The number of methoxy groups -OCH3 is 1. The molecular formula is C16H18ClNO2. The minimum absolute atomic E-state index is 0.582. The van der Waals surface area contributed by atoms with E-state index in [0.717, 1.165) is 22.2 Å². The Balaban J connectivity index is 1.79. The van der Waals surface area contributed by atoms with Crippen LogP contribution in [0.3, 0.4) is 0 Å². The number of aryl methyl sites for hydroxylation is 1. The van der Waals surface area contributed by atoms with Crippen LogP contribution in [0.1, 0.15) is 5.56 Å². The van der Waals surface area contributed by atoms with Crippen LogP contribution in [-0.4, -0.2) is 20.3 Å². The molecule has 0 aliphatic carbocycles. The van der Waals surface area contributed by atoms with Crippen molar-refractivity contribution in [3.63, 3.8) is 0 Å². The molecule has 0 aliphatic heterocycles. The van der Waals surface area contributed by atoms with Gasteiger partial charge in [0.05, 0.1) is 7.11 Å². The second-order valence-corrected chi connectivity index (χ2v) is 4.85. The highest BCUT2D eigenvalue weighted by atomic mass is 35.5. The van der Waals surface area contributed by atoms with Gasteiger partial charge in [0, 0.05) is 17.3 Å². The van der Waals surface area contributed by atoms with Crippen molar-refractivity contribution < 1.29 is 9.47 Å². The molecule has 0 bridgehead atoms. The van der Waals surface area contributed by atoms with Crippen LogP contribution in [0.15, 0.2) is 42.5 Å². The zero-order valence-corrected chi connectivity index (χ0v) is 12.4. The van der Waals surface area contributed by atoms with E-state index in [-0.39, 0.29) is 0 Å². The lowest BCUT2D eigenvalue weighted by Gasteiger charge is -2.11. The van der Waals surface area contributed by atoms with Crippen LogP contribution < -0.4 is 14.8 Å². The summed E-state index contributed by atoms with van der Waals surface area (Å²) in [6.07, 6.45) is 0. The first-order valence-corrected chi connectivity index (χ1v) is 6.84. The van der Waals surface area contributed by atoms with Gasteiger partial charge in [0.25, 0.3) is 0 Å². The molecule has 1 N–H and O–H groups in total. The molecule has 0 aliphatic rings. The third-order valence-corrected chi connectivity index (χ3v) is 3.18. The summed E-state index contributed by atoms with van der Waals surface area (Å²) in [4.78, 5) is 0. The van der Waals surface area contributed by atoms with Crippen molar-refractivity contribution in [1.29, 1.82) is 0 Å². The summed E-state index contributed by atoms with van der Waals surface area (Å²) in [5, 5.41) is 4.04. The van der Waals surface area contributed by atoms with E-state index in [0.29, 0.717) is 13.2 Å². The van der Waals surface area contributed by atoms with E-state index in [9.17, 15) is 0 Å². The molecule has 0 unspecified atom stereocenters. The smallest absolute Gasteiger partial charge is 0.119 e. The summed E-state index contributed by atoms with van der Waals surface area (Å²) in [5.74, 6) is 1.65. The normalized spacial score (nSPS) is 10.2. The van der Waals surface area contributed by atoms with Crippen molar-refractivity contribution in [3.05, 3.63) is 53.1 Å². The summed E-state index contributed by atoms with van der Waals surface area (Å²) < 4.78 is 10.7. The topological polar surface area (TPSA) is 30.5 Å². The van der Waals surface area contributed by atoms with Gasteiger partial charge in [-0.1, -0.05) is 17.7 Å². The minimum atomic E-state index is 0.582. The molecule has 20 heavy (non-hydrogen) atoms. The maximum absolute atomic E-state index is 5.97. The van der Waals surface area contributed by atoms with Crippen molar-refractivity contribution in [3.8, 4) is 11.5 Å². The standard InChI is InChI=1S/C16H18ClNO2/c1-12-3-4-13(17)11-16(12)18-9-10-20-15-7-5-14(19-2)6-8-15/h3-8,11,18H,9-10H2,1-2H3. The molecule has 2 rings (SSSR count). The van der Waals surface area contributed by atoms with Gasteiger partial charge in [0.15, 0.2) is 0 Å². The largest absolute Gasteiger partial charge is 0.497 e. The van der Waals surface area contributed by atoms with Crippen molar-refractivity contribution in [2.24, 2.45) is 0 Å². The monoisotopic (exact) mass is 291 g/mol. The second kappa shape index (κ2) is 7.06. The Morgan fingerprint density at radius 2 is 1.75 bits per heavy atom. The Hall–Kier alpha value is -1.87. The number of nitrogens with one attached hydrogen (secondary N) is 1. The van der Waals surface area contributed by atoms with E-state index in [2.05, 4.69) is 5.32 Å². The van der Waals surface area contributed by atoms with Crippen LogP contribution >= 0.6 is 11.6 Å². The number of anilines is 1. The SMILES string of the molecule is COc1ccc(OCCNc2cc(Cl)ccc2C)cc1.